The molecule has 2 atom stereocenters. The van der Waals surface area contributed by atoms with Crippen molar-refractivity contribution >= 4 is 17.4 Å². The molecule has 2 heterocycles. The maximum Gasteiger partial charge on any atom is 0.0594 e. The molecule has 2 fully saturated rings. The van der Waals surface area contributed by atoms with Crippen LogP contribution in [0.15, 0.2) is 24.3 Å². The maximum absolute atomic E-state index is 5.40. The van der Waals surface area contributed by atoms with Crippen LogP contribution in [0.2, 0.25) is 0 Å². The van der Waals surface area contributed by atoms with Crippen molar-refractivity contribution in [2.45, 2.75) is 37.6 Å². The molecule has 2 aliphatic heterocycles. The van der Waals surface area contributed by atoms with Gasteiger partial charge in [0.1, 0.15) is 0 Å². The fourth-order valence-corrected chi connectivity index (χ4v) is 4.19. The Morgan fingerprint density at radius 2 is 2.00 bits per heavy atom. The normalized spacial score (nSPS) is 27.5. The number of benzene rings is 1. The van der Waals surface area contributed by atoms with Crippen LogP contribution in [0.3, 0.4) is 0 Å². The average Bonchev–Trinajstić information content (AvgIpc) is 2.52. The molecule has 1 aromatic carbocycles. The summed E-state index contributed by atoms with van der Waals surface area (Å²) in [5, 5.41) is 4.42. The average molecular weight is 306 g/mol. The van der Waals surface area contributed by atoms with Crippen molar-refractivity contribution in [1.82, 2.24) is 4.90 Å². The number of nitrogens with zero attached hydrogens (tertiary/aromatic N) is 1. The van der Waals surface area contributed by atoms with Crippen LogP contribution < -0.4 is 5.32 Å². The van der Waals surface area contributed by atoms with Gasteiger partial charge in [0.15, 0.2) is 0 Å². The summed E-state index contributed by atoms with van der Waals surface area (Å²) in [5.74, 6) is 1.32. The Morgan fingerprint density at radius 1 is 1.24 bits per heavy atom. The lowest BCUT2D eigenvalue weighted by Gasteiger charge is -2.30. The number of nitrogens with one attached hydrogen (secondary N) is 1. The summed E-state index contributed by atoms with van der Waals surface area (Å²) in [5.41, 5.74) is 2.66. The Labute approximate surface area is 132 Å². The van der Waals surface area contributed by atoms with E-state index in [1.165, 1.54) is 29.8 Å². The third-order valence-corrected chi connectivity index (χ3v) is 5.80. The van der Waals surface area contributed by atoms with Gasteiger partial charge < -0.3 is 10.1 Å². The van der Waals surface area contributed by atoms with Crippen LogP contribution in [-0.2, 0) is 11.3 Å². The number of rotatable bonds is 4. The predicted molar refractivity (Wildman–Crippen MR) is 91.1 cm³/mol. The van der Waals surface area contributed by atoms with Gasteiger partial charge in [-0.25, -0.2) is 0 Å². The van der Waals surface area contributed by atoms with Crippen LogP contribution in [0, 0.1) is 0 Å². The SMILES string of the molecule is CC1SCCCC1Nc1ccc(CN2CCOCC2)cc1. The fourth-order valence-electron chi connectivity index (χ4n) is 3.05. The van der Waals surface area contributed by atoms with Crippen LogP contribution in [0.1, 0.15) is 25.3 Å². The third-order valence-electron chi connectivity index (χ3n) is 4.42. The minimum atomic E-state index is 0.619. The van der Waals surface area contributed by atoms with E-state index in [4.69, 9.17) is 4.74 Å². The highest BCUT2D eigenvalue weighted by molar-refractivity contribution is 8.00. The first-order valence-electron chi connectivity index (χ1n) is 8.08. The van der Waals surface area contributed by atoms with Crippen molar-refractivity contribution < 1.29 is 4.74 Å². The Hall–Kier alpha value is -0.710. The molecule has 21 heavy (non-hydrogen) atoms. The van der Waals surface area contributed by atoms with Crippen molar-refractivity contribution in [2.75, 3.05) is 37.4 Å². The molecule has 2 aliphatic rings. The molecule has 0 aromatic heterocycles. The van der Waals surface area contributed by atoms with Crippen molar-refractivity contribution in [1.29, 1.82) is 0 Å². The monoisotopic (exact) mass is 306 g/mol. The summed E-state index contributed by atoms with van der Waals surface area (Å²) in [6.45, 7) is 7.23. The van der Waals surface area contributed by atoms with Crippen molar-refractivity contribution in [3.8, 4) is 0 Å². The van der Waals surface area contributed by atoms with E-state index < -0.39 is 0 Å². The van der Waals surface area contributed by atoms with E-state index in [9.17, 15) is 0 Å². The van der Waals surface area contributed by atoms with E-state index in [1.807, 2.05) is 0 Å². The number of morpholine rings is 1. The summed E-state index contributed by atoms with van der Waals surface area (Å²) in [6.07, 6.45) is 2.63. The molecule has 3 nitrogen and oxygen atoms in total. The highest BCUT2D eigenvalue weighted by Crippen LogP contribution is 2.27. The molecule has 4 heteroatoms. The first-order valence-corrected chi connectivity index (χ1v) is 9.13. The number of thioether (sulfide) groups is 1. The van der Waals surface area contributed by atoms with E-state index in [0.717, 1.165) is 32.8 Å². The molecule has 0 amide bonds. The standard InChI is InChI=1S/C17H26N2OS/c1-14-17(3-2-12-21-14)18-16-6-4-15(5-7-16)13-19-8-10-20-11-9-19/h4-7,14,17-18H,2-3,8-13H2,1H3. The molecular formula is C17H26N2OS. The lowest BCUT2D eigenvalue weighted by Crippen LogP contribution is -2.35. The number of ether oxygens (including phenoxy) is 1. The second kappa shape index (κ2) is 7.52. The highest BCUT2D eigenvalue weighted by Gasteiger charge is 2.21. The number of anilines is 1. The van der Waals surface area contributed by atoms with Crippen molar-refractivity contribution in [2.24, 2.45) is 0 Å². The minimum absolute atomic E-state index is 0.619. The summed E-state index contributed by atoms with van der Waals surface area (Å²) in [4.78, 5) is 2.46. The Balaban J connectivity index is 1.53. The first-order chi connectivity index (χ1) is 10.3. The van der Waals surface area contributed by atoms with E-state index in [1.54, 1.807) is 0 Å². The van der Waals surface area contributed by atoms with E-state index >= 15 is 0 Å². The molecule has 1 N–H and O–H groups in total. The second-order valence-electron chi connectivity index (χ2n) is 6.05. The van der Waals surface area contributed by atoms with Gasteiger partial charge in [0.2, 0.25) is 0 Å². The summed E-state index contributed by atoms with van der Waals surface area (Å²) < 4.78 is 5.40. The molecule has 3 rings (SSSR count). The molecule has 2 unspecified atom stereocenters. The molecule has 0 saturated carbocycles. The summed E-state index contributed by atoms with van der Waals surface area (Å²) in [6, 6.07) is 9.62. The van der Waals surface area contributed by atoms with Crippen LogP contribution in [-0.4, -0.2) is 48.2 Å². The van der Waals surface area contributed by atoms with Gasteiger partial charge in [-0.2, -0.15) is 11.8 Å². The molecular weight excluding hydrogens is 280 g/mol. The topological polar surface area (TPSA) is 24.5 Å². The second-order valence-corrected chi connectivity index (χ2v) is 7.54. The number of hydrogen-bond donors (Lipinski definition) is 1. The van der Waals surface area contributed by atoms with Crippen LogP contribution in [0.25, 0.3) is 0 Å². The molecule has 2 saturated heterocycles. The summed E-state index contributed by atoms with van der Waals surface area (Å²) >= 11 is 2.09. The van der Waals surface area contributed by atoms with E-state index in [-0.39, 0.29) is 0 Å². The van der Waals surface area contributed by atoms with Gasteiger partial charge in [0.05, 0.1) is 13.2 Å². The maximum atomic E-state index is 5.40. The molecule has 0 bridgehead atoms. The van der Waals surface area contributed by atoms with Gasteiger partial charge in [-0.05, 0) is 36.3 Å². The fraction of sp³-hybridized carbons (Fsp3) is 0.647. The smallest absolute Gasteiger partial charge is 0.0594 e. The molecule has 0 spiro atoms. The molecule has 0 radical (unpaired) electrons. The molecule has 116 valence electrons. The van der Waals surface area contributed by atoms with Gasteiger partial charge in [-0.1, -0.05) is 19.1 Å². The lowest BCUT2D eigenvalue weighted by molar-refractivity contribution is 0.0342. The first kappa shape index (κ1) is 15.2. The zero-order chi connectivity index (χ0) is 14.5. The minimum Gasteiger partial charge on any atom is -0.381 e. The largest absolute Gasteiger partial charge is 0.381 e. The third kappa shape index (κ3) is 4.38. The Morgan fingerprint density at radius 3 is 2.71 bits per heavy atom. The quantitative estimate of drug-likeness (QED) is 0.923. The Kier molecular flexibility index (Phi) is 5.44. The van der Waals surface area contributed by atoms with Gasteiger partial charge in [-0.3, -0.25) is 4.90 Å². The zero-order valence-electron chi connectivity index (χ0n) is 12.9. The van der Waals surface area contributed by atoms with Crippen molar-refractivity contribution in [3.05, 3.63) is 29.8 Å². The van der Waals surface area contributed by atoms with E-state index in [2.05, 4.69) is 53.2 Å². The lowest BCUT2D eigenvalue weighted by atomic mass is 10.1. The van der Waals surface area contributed by atoms with Crippen molar-refractivity contribution in [3.63, 3.8) is 0 Å². The Bertz CT molecular complexity index is 431. The van der Waals surface area contributed by atoms with Crippen LogP contribution in [0.4, 0.5) is 5.69 Å². The van der Waals surface area contributed by atoms with Gasteiger partial charge in [-0.15, -0.1) is 0 Å². The predicted octanol–water partition coefficient (Wildman–Crippen LogP) is 3.21. The molecule has 0 aliphatic carbocycles. The molecule has 1 aromatic rings. The van der Waals surface area contributed by atoms with Crippen LogP contribution >= 0.6 is 11.8 Å². The number of hydrogen-bond acceptors (Lipinski definition) is 4. The zero-order valence-corrected chi connectivity index (χ0v) is 13.7. The van der Waals surface area contributed by atoms with Gasteiger partial charge in [0.25, 0.3) is 0 Å². The summed E-state index contributed by atoms with van der Waals surface area (Å²) in [7, 11) is 0. The van der Waals surface area contributed by atoms with Gasteiger partial charge >= 0.3 is 0 Å². The highest BCUT2D eigenvalue weighted by atomic mass is 32.2. The van der Waals surface area contributed by atoms with Crippen LogP contribution in [0.5, 0.6) is 0 Å². The van der Waals surface area contributed by atoms with E-state index in [0.29, 0.717) is 11.3 Å². The van der Waals surface area contributed by atoms with Gasteiger partial charge in [0, 0.05) is 36.6 Å².